The van der Waals surface area contributed by atoms with Gasteiger partial charge in [0.05, 0.1) is 0 Å². The van der Waals surface area contributed by atoms with Gasteiger partial charge in [-0.15, -0.1) is 0 Å². The van der Waals surface area contributed by atoms with E-state index in [0.717, 1.165) is 6.54 Å². The van der Waals surface area contributed by atoms with Crippen molar-refractivity contribution in [2.75, 3.05) is 6.54 Å². The van der Waals surface area contributed by atoms with Gasteiger partial charge in [0.2, 0.25) is 0 Å². The van der Waals surface area contributed by atoms with E-state index in [2.05, 4.69) is 66.0 Å². The van der Waals surface area contributed by atoms with Gasteiger partial charge in [0, 0.05) is 18.5 Å². The lowest BCUT2D eigenvalue weighted by Crippen LogP contribution is -2.34. The molecule has 1 aliphatic rings. The van der Waals surface area contributed by atoms with Crippen molar-refractivity contribution in [1.82, 2.24) is 5.32 Å². The van der Waals surface area contributed by atoms with Crippen LogP contribution >= 0.6 is 0 Å². The van der Waals surface area contributed by atoms with Gasteiger partial charge in [0.25, 0.3) is 0 Å². The predicted octanol–water partition coefficient (Wildman–Crippen LogP) is 4.74. The highest BCUT2D eigenvalue weighted by Gasteiger charge is 2.17. The molecular formula is C20H25N. The first-order valence-electron chi connectivity index (χ1n) is 8.27. The fraction of sp³-hybridized carbons (Fsp3) is 0.400. The van der Waals surface area contributed by atoms with Crippen molar-refractivity contribution in [3.05, 3.63) is 71.8 Å². The Morgan fingerprint density at radius 2 is 1.29 bits per heavy atom. The fourth-order valence-corrected chi connectivity index (χ4v) is 3.39. The third kappa shape index (κ3) is 3.95. The van der Waals surface area contributed by atoms with Crippen molar-refractivity contribution in [2.45, 2.75) is 44.1 Å². The van der Waals surface area contributed by atoms with Crippen LogP contribution in [0.4, 0.5) is 0 Å². The second-order valence-electron chi connectivity index (χ2n) is 6.12. The quantitative estimate of drug-likeness (QED) is 0.833. The van der Waals surface area contributed by atoms with Gasteiger partial charge in [0.1, 0.15) is 0 Å². The zero-order valence-electron chi connectivity index (χ0n) is 12.7. The van der Waals surface area contributed by atoms with Crippen LogP contribution in [0.1, 0.15) is 49.1 Å². The van der Waals surface area contributed by atoms with Gasteiger partial charge in [0.15, 0.2) is 0 Å². The van der Waals surface area contributed by atoms with Gasteiger partial charge in [-0.1, -0.05) is 79.9 Å². The molecule has 1 nitrogen and oxygen atoms in total. The Kier molecular flexibility index (Phi) is 5.07. The maximum Gasteiger partial charge on any atom is 0.0214 e. The van der Waals surface area contributed by atoms with Gasteiger partial charge in [-0.3, -0.25) is 0 Å². The summed E-state index contributed by atoms with van der Waals surface area (Å²) < 4.78 is 0. The smallest absolute Gasteiger partial charge is 0.0214 e. The van der Waals surface area contributed by atoms with Crippen LogP contribution in [0.5, 0.6) is 0 Å². The minimum atomic E-state index is 0.453. The molecule has 0 amide bonds. The molecule has 1 aliphatic carbocycles. The largest absolute Gasteiger partial charge is 0.313 e. The molecule has 2 aromatic rings. The third-order valence-corrected chi connectivity index (χ3v) is 4.62. The third-order valence-electron chi connectivity index (χ3n) is 4.62. The lowest BCUT2D eigenvalue weighted by Gasteiger charge is -2.26. The Balaban J connectivity index is 1.73. The van der Waals surface area contributed by atoms with Crippen molar-refractivity contribution < 1.29 is 0 Å². The second-order valence-corrected chi connectivity index (χ2v) is 6.12. The minimum Gasteiger partial charge on any atom is -0.313 e. The van der Waals surface area contributed by atoms with Crippen molar-refractivity contribution in [2.24, 2.45) is 0 Å². The van der Waals surface area contributed by atoms with E-state index in [1.165, 1.54) is 43.2 Å². The van der Waals surface area contributed by atoms with Crippen molar-refractivity contribution in [3.63, 3.8) is 0 Å². The summed E-state index contributed by atoms with van der Waals surface area (Å²) >= 11 is 0. The summed E-state index contributed by atoms with van der Waals surface area (Å²) in [7, 11) is 0. The van der Waals surface area contributed by atoms with Gasteiger partial charge < -0.3 is 5.32 Å². The van der Waals surface area contributed by atoms with Crippen LogP contribution in [0.25, 0.3) is 0 Å². The molecule has 1 fully saturated rings. The normalized spacial score (nSPS) is 16.2. The topological polar surface area (TPSA) is 12.0 Å². The summed E-state index contributed by atoms with van der Waals surface area (Å²) in [4.78, 5) is 0. The Morgan fingerprint density at radius 3 is 1.81 bits per heavy atom. The molecule has 1 N–H and O–H groups in total. The summed E-state index contributed by atoms with van der Waals surface area (Å²) in [5.74, 6) is 0.453. The standard InChI is InChI=1S/C20H25N/c1-4-10-17(11-5-1)20(18-12-6-2-7-13-18)16-21-19-14-8-3-9-15-19/h1-2,4-7,10-13,19-21H,3,8-9,14-16H2. The first-order chi connectivity index (χ1) is 10.4. The molecule has 0 atom stereocenters. The highest BCUT2D eigenvalue weighted by molar-refractivity contribution is 5.32. The van der Waals surface area contributed by atoms with Crippen LogP contribution in [0.3, 0.4) is 0 Å². The molecule has 0 bridgehead atoms. The van der Waals surface area contributed by atoms with E-state index >= 15 is 0 Å². The lowest BCUT2D eigenvalue weighted by atomic mass is 9.90. The van der Waals surface area contributed by atoms with Crippen molar-refractivity contribution >= 4 is 0 Å². The second kappa shape index (κ2) is 7.42. The Morgan fingerprint density at radius 1 is 0.762 bits per heavy atom. The van der Waals surface area contributed by atoms with Crippen LogP contribution in [0.2, 0.25) is 0 Å². The van der Waals surface area contributed by atoms with Gasteiger partial charge in [-0.25, -0.2) is 0 Å². The summed E-state index contributed by atoms with van der Waals surface area (Å²) in [6, 6.07) is 22.5. The maximum atomic E-state index is 3.82. The minimum absolute atomic E-state index is 0.453. The van der Waals surface area contributed by atoms with E-state index in [0.29, 0.717) is 12.0 Å². The van der Waals surface area contributed by atoms with Crippen molar-refractivity contribution in [3.8, 4) is 0 Å². The molecule has 0 saturated heterocycles. The molecule has 0 radical (unpaired) electrons. The summed E-state index contributed by atoms with van der Waals surface area (Å²) in [6.45, 7) is 1.04. The van der Waals surface area contributed by atoms with E-state index in [1.807, 2.05) is 0 Å². The number of hydrogen-bond donors (Lipinski definition) is 1. The molecule has 1 saturated carbocycles. The average molecular weight is 279 g/mol. The summed E-state index contributed by atoms with van der Waals surface area (Å²) in [5.41, 5.74) is 2.82. The molecule has 0 unspecified atom stereocenters. The van der Waals surface area contributed by atoms with E-state index in [9.17, 15) is 0 Å². The molecular weight excluding hydrogens is 254 g/mol. The van der Waals surface area contributed by atoms with Crippen LogP contribution in [0.15, 0.2) is 60.7 Å². The van der Waals surface area contributed by atoms with Gasteiger partial charge in [-0.05, 0) is 24.0 Å². The predicted molar refractivity (Wildman–Crippen MR) is 89.6 cm³/mol. The van der Waals surface area contributed by atoms with Crippen LogP contribution in [-0.2, 0) is 0 Å². The first-order valence-corrected chi connectivity index (χ1v) is 8.27. The van der Waals surface area contributed by atoms with E-state index in [4.69, 9.17) is 0 Å². The SMILES string of the molecule is c1ccc(C(CNC2CCCCC2)c2ccccc2)cc1. The number of rotatable bonds is 5. The lowest BCUT2D eigenvalue weighted by molar-refractivity contribution is 0.370. The monoisotopic (exact) mass is 279 g/mol. The Hall–Kier alpha value is -1.60. The number of benzene rings is 2. The average Bonchev–Trinajstić information content (AvgIpc) is 2.58. The van der Waals surface area contributed by atoms with Crippen molar-refractivity contribution in [1.29, 1.82) is 0 Å². The zero-order valence-corrected chi connectivity index (χ0v) is 12.7. The fourth-order valence-electron chi connectivity index (χ4n) is 3.39. The zero-order chi connectivity index (χ0) is 14.3. The van der Waals surface area contributed by atoms with Gasteiger partial charge >= 0.3 is 0 Å². The summed E-state index contributed by atoms with van der Waals surface area (Å²) in [6.07, 6.45) is 6.88. The highest BCUT2D eigenvalue weighted by atomic mass is 14.9. The maximum absolute atomic E-state index is 3.82. The molecule has 3 rings (SSSR count). The number of hydrogen-bond acceptors (Lipinski definition) is 1. The number of nitrogens with one attached hydrogen (secondary N) is 1. The summed E-state index contributed by atoms with van der Waals surface area (Å²) in [5, 5.41) is 3.82. The van der Waals surface area contributed by atoms with Crippen LogP contribution in [0, 0.1) is 0 Å². The molecule has 21 heavy (non-hydrogen) atoms. The Labute approximate surface area is 128 Å². The molecule has 2 aromatic carbocycles. The van der Waals surface area contributed by atoms with E-state index < -0.39 is 0 Å². The van der Waals surface area contributed by atoms with E-state index in [1.54, 1.807) is 0 Å². The molecule has 0 spiro atoms. The van der Waals surface area contributed by atoms with Gasteiger partial charge in [-0.2, -0.15) is 0 Å². The molecule has 0 heterocycles. The van der Waals surface area contributed by atoms with Crippen LogP contribution in [-0.4, -0.2) is 12.6 Å². The first kappa shape index (κ1) is 14.3. The molecule has 0 aromatic heterocycles. The van der Waals surface area contributed by atoms with Crippen LogP contribution < -0.4 is 5.32 Å². The highest BCUT2D eigenvalue weighted by Crippen LogP contribution is 2.25. The Bertz CT molecular complexity index is 475. The molecule has 1 heteroatoms. The molecule has 0 aliphatic heterocycles. The molecule has 110 valence electrons. The van der Waals surface area contributed by atoms with E-state index in [-0.39, 0.29) is 0 Å².